The Morgan fingerprint density at radius 2 is 1.08 bits per heavy atom. The number of hydrogen-bond donors (Lipinski definition) is 2. The third kappa shape index (κ3) is 11.0. The summed E-state index contributed by atoms with van der Waals surface area (Å²) in [4.78, 5) is 0. The number of aromatic nitrogens is 8. The number of tetrazole rings is 2. The van der Waals surface area contributed by atoms with Gasteiger partial charge >= 0.3 is 0 Å². The van der Waals surface area contributed by atoms with Crippen LogP contribution in [0, 0.1) is 0 Å². The molecule has 13 heavy (non-hydrogen) atoms. The quantitative estimate of drug-likeness (QED) is 0.661. The molecule has 0 spiro atoms. The second-order valence-corrected chi connectivity index (χ2v) is 1.12. The minimum Gasteiger partial charge on any atom is -0.177 e. The molecule has 2 rings (SSSR count). The topological polar surface area (TPSA) is 109 Å². The van der Waals surface area contributed by atoms with Gasteiger partial charge in [-0.05, 0) is 0 Å². The number of halogens is 3. The summed E-state index contributed by atoms with van der Waals surface area (Å²) >= 11 is 0. The Morgan fingerprint density at radius 1 is 0.692 bits per heavy atom. The Bertz CT molecular complexity index is 157. The molecule has 0 saturated carbocycles. The molecule has 0 bridgehead atoms. The Balaban J connectivity index is -0.000000125. The van der Waals surface area contributed by atoms with Crippen LogP contribution in [0.3, 0.4) is 0 Å². The smallest absolute Gasteiger partial charge is 0.161 e. The molecule has 0 amide bonds. The molecular weight excluding hydrogens is 242 g/mol. The van der Waals surface area contributed by atoms with Crippen molar-refractivity contribution in [2.24, 2.45) is 0 Å². The summed E-state index contributed by atoms with van der Waals surface area (Å²) in [6.07, 6.45) is 2.67. The lowest BCUT2D eigenvalue weighted by Crippen LogP contribution is -1.64. The zero-order chi connectivity index (χ0) is 7.07. The van der Waals surface area contributed by atoms with E-state index in [1.165, 1.54) is 12.7 Å². The van der Waals surface area contributed by atoms with Crippen LogP contribution < -0.4 is 0 Å². The monoisotopic (exact) mass is 248 g/mol. The molecular formula is C2H7Cl3N8. The van der Waals surface area contributed by atoms with Gasteiger partial charge in [0.2, 0.25) is 0 Å². The lowest BCUT2D eigenvalue weighted by molar-refractivity contribution is 0.881. The van der Waals surface area contributed by atoms with Gasteiger partial charge in [0.05, 0.1) is 0 Å². The van der Waals surface area contributed by atoms with Crippen LogP contribution in [0.25, 0.3) is 0 Å². The van der Waals surface area contributed by atoms with Gasteiger partial charge in [-0.3, -0.25) is 0 Å². The number of hydrogen-bond acceptors (Lipinski definition) is 6. The highest BCUT2D eigenvalue weighted by molar-refractivity contribution is 5.86. The fourth-order valence-corrected chi connectivity index (χ4v) is 0.258. The average Bonchev–Trinajstić information content (AvgIpc) is 2.67. The molecule has 0 aliphatic rings. The van der Waals surface area contributed by atoms with Crippen molar-refractivity contribution in [2.75, 3.05) is 0 Å². The van der Waals surface area contributed by atoms with E-state index in [0.717, 1.165) is 0 Å². The SMILES string of the molecule is Cl.Cl.Cl.c1nn[nH]n1.c1nn[nH]n1. The van der Waals surface area contributed by atoms with E-state index in [9.17, 15) is 0 Å². The molecule has 0 aliphatic heterocycles. The van der Waals surface area contributed by atoms with Crippen LogP contribution in [0.15, 0.2) is 12.7 Å². The summed E-state index contributed by atoms with van der Waals surface area (Å²) < 4.78 is 0. The third-order valence-corrected chi connectivity index (χ3v) is 0.539. The Kier molecular flexibility index (Phi) is 18.7. The van der Waals surface area contributed by atoms with E-state index >= 15 is 0 Å². The van der Waals surface area contributed by atoms with Crippen LogP contribution >= 0.6 is 37.2 Å². The van der Waals surface area contributed by atoms with Crippen molar-refractivity contribution in [3.63, 3.8) is 0 Å². The van der Waals surface area contributed by atoms with E-state index in [0.29, 0.717) is 0 Å². The number of rotatable bonds is 0. The number of aromatic amines is 2. The van der Waals surface area contributed by atoms with Gasteiger partial charge in [0.15, 0.2) is 12.7 Å². The van der Waals surface area contributed by atoms with Crippen molar-refractivity contribution >= 4 is 37.2 Å². The summed E-state index contributed by atoms with van der Waals surface area (Å²) in [5.41, 5.74) is 0. The zero-order valence-electron chi connectivity index (χ0n) is 6.06. The molecule has 0 atom stereocenters. The maximum Gasteiger partial charge on any atom is 0.161 e. The van der Waals surface area contributed by atoms with Gasteiger partial charge in [-0.1, -0.05) is 10.4 Å². The fraction of sp³-hybridized carbons (Fsp3) is 0. The average molecular weight is 249 g/mol. The molecule has 0 aliphatic carbocycles. The molecule has 0 aromatic carbocycles. The highest BCUT2D eigenvalue weighted by Gasteiger charge is 1.58. The van der Waals surface area contributed by atoms with E-state index in [-0.39, 0.29) is 37.2 Å². The molecule has 0 saturated heterocycles. The van der Waals surface area contributed by atoms with E-state index in [1.807, 2.05) is 0 Å². The van der Waals surface area contributed by atoms with Crippen LogP contribution in [0.4, 0.5) is 0 Å². The summed E-state index contributed by atoms with van der Waals surface area (Å²) in [7, 11) is 0. The summed E-state index contributed by atoms with van der Waals surface area (Å²) in [5.74, 6) is 0. The first kappa shape index (κ1) is 17.9. The van der Waals surface area contributed by atoms with Crippen LogP contribution in [-0.2, 0) is 0 Å². The number of nitrogens with one attached hydrogen (secondary N) is 2. The molecule has 0 fully saturated rings. The first-order valence-corrected chi connectivity index (χ1v) is 2.33. The predicted octanol–water partition coefficient (Wildman–Crippen LogP) is -0.335. The minimum absolute atomic E-state index is 0. The third-order valence-electron chi connectivity index (χ3n) is 0.539. The van der Waals surface area contributed by atoms with Gasteiger partial charge in [-0.2, -0.15) is 10.4 Å². The number of H-pyrrole nitrogens is 2. The molecule has 0 radical (unpaired) electrons. The van der Waals surface area contributed by atoms with E-state index in [2.05, 4.69) is 41.2 Å². The van der Waals surface area contributed by atoms with Gasteiger partial charge in [-0.25, -0.2) is 0 Å². The molecule has 0 unspecified atom stereocenters. The van der Waals surface area contributed by atoms with Crippen LogP contribution in [0.5, 0.6) is 0 Å². The second kappa shape index (κ2) is 13.6. The Labute approximate surface area is 91.5 Å². The van der Waals surface area contributed by atoms with Crippen molar-refractivity contribution < 1.29 is 0 Å². The maximum atomic E-state index is 3.38. The molecule has 2 aromatic heterocycles. The number of nitrogens with zero attached hydrogens (tertiary/aromatic N) is 6. The van der Waals surface area contributed by atoms with E-state index in [4.69, 9.17) is 0 Å². The van der Waals surface area contributed by atoms with Gasteiger partial charge in [0.25, 0.3) is 0 Å². The zero-order valence-corrected chi connectivity index (χ0v) is 8.51. The Morgan fingerprint density at radius 3 is 1.15 bits per heavy atom. The largest absolute Gasteiger partial charge is 0.177 e. The lowest BCUT2D eigenvalue weighted by Gasteiger charge is -1.44. The van der Waals surface area contributed by atoms with Gasteiger partial charge in [0, 0.05) is 0 Å². The van der Waals surface area contributed by atoms with Crippen molar-refractivity contribution in [1.29, 1.82) is 0 Å². The standard InChI is InChI=1S/2CH2N4.3ClH/c2*1-2-4-5-3-1;;;/h2*1H,(H,2,3,4,5);3*1H. The first-order valence-electron chi connectivity index (χ1n) is 2.33. The van der Waals surface area contributed by atoms with E-state index in [1.54, 1.807) is 0 Å². The second-order valence-electron chi connectivity index (χ2n) is 1.12. The van der Waals surface area contributed by atoms with Crippen LogP contribution in [0.1, 0.15) is 0 Å². The summed E-state index contributed by atoms with van der Waals surface area (Å²) in [5, 5.41) is 24.3. The normalized spacial score (nSPS) is 6.15. The molecule has 2 heterocycles. The molecule has 11 heteroatoms. The van der Waals surface area contributed by atoms with Gasteiger partial charge in [0.1, 0.15) is 0 Å². The predicted molar refractivity (Wildman–Crippen MR) is 50.1 cm³/mol. The van der Waals surface area contributed by atoms with Crippen molar-refractivity contribution in [3.8, 4) is 0 Å². The van der Waals surface area contributed by atoms with Gasteiger partial charge < -0.3 is 0 Å². The molecule has 2 aromatic rings. The van der Waals surface area contributed by atoms with Crippen molar-refractivity contribution in [3.05, 3.63) is 12.7 Å². The van der Waals surface area contributed by atoms with Gasteiger partial charge in [-0.15, -0.1) is 57.6 Å². The van der Waals surface area contributed by atoms with Crippen LogP contribution in [0.2, 0.25) is 0 Å². The maximum absolute atomic E-state index is 3.38. The molecule has 76 valence electrons. The van der Waals surface area contributed by atoms with Crippen molar-refractivity contribution in [1.82, 2.24) is 41.2 Å². The van der Waals surface area contributed by atoms with Crippen molar-refractivity contribution in [2.45, 2.75) is 0 Å². The Hall–Kier alpha value is -0.990. The van der Waals surface area contributed by atoms with Crippen LogP contribution in [-0.4, -0.2) is 41.2 Å². The summed E-state index contributed by atoms with van der Waals surface area (Å²) in [6, 6.07) is 0. The highest BCUT2D eigenvalue weighted by Crippen LogP contribution is 1.44. The van der Waals surface area contributed by atoms with E-state index < -0.39 is 0 Å². The summed E-state index contributed by atoms with van der Waals surface area (Å²) in [6.45, 7) is 0. The first-order chi connectivity index (χ1) is 5.00. The highest BCUT2D eigenvalue weighted by atomic mass is 35.5. The minimum atomic E-state index is 0. The molecule has 8 nitrogen and oxygen atoms in total. The fourth-order valence-electron chi connectivity index (χ4n) is 0.258. The lowest BCUT2D eigenvalue weighted by atomic mass is 11.4. The molecule has 2 N–H and O–H groups in total.